The number of benzene rings is 2. The van der Waals surface area contributed by atoms with Gasteiger partial charge in [-0.05, 0) is 60.4 Å². The fourth-order valence-electron chi connectivity index (χ4n) is 4.10. The van der Waals surface area contributed by atoms with Crippen molar-refractivity contribution in [2.45, 2.75) is 25.4 Å². The van der Waals surface area contributed by atoms with Crippen molar-refractivity contribution in [2.24, 2.45) is 0 Å². The molecule has 0 bridgehead atoms. The van der Waals surface area contributed by atoms with Gasteiger partial charge in [0.05, 0.1) is 22.4 Å². The molecule has 1 saturated heterocycles. The van der Waals surface area contributed by atoms with Gasteiger partial charge in [0.2, 0.25) is 0 Å². The van der Waals surface area contributed by atoms with Gasteiger partial charge >= 0.3 is 0 Å². The first kappa shape index (κ1) is 19.3. The number of imidazole rings is 1. The van der Waals surface area contributed by atoms with Gasteiger partial charge in [0, 0.05) is 31.9 Å². The highest BCUT2D eigenvalue weighted by Gasteiger charge is 2.19. The molecule has 2 aliphatic rings. The summed E-state index contributed by atoms with van der Waals surface area (Å²) in [6.45, 7) is 3.59. The Morgan fingerprint density at radius 1 is 1.20 bits per heavy atom. The lowest BCUT2D eigenvalue weighted by atomic mass is 10.0. The number of aromatic nitrogens is 2. The second kappa shape index (κ2) is 8.25. The molecule has 0 spiro atoms. The third-order valence-corrected chi connectivity index (χ3v) is 6.25. The normalized spacial score (nSPS) is 18.9. The van der Waals surface area contributed by atoms with Crippen LogP contribution in [0.25, 0.3) is 16.6 Å². The predicted octanol–water partition coefficient (Wildman–Crippen LogP) is 4.75. The van der Waals surface area contributed by atoms with E-state index in [1.807, 2.05) is 23.0 Å². The van der Waals surface area contributed by atoms with Crippen LogP contribution < -0.4 is 5.32 Å². The Hall–Kier alpha value is -2.63. The van der Waals surface area contributed by atoms with E-state index in [4.69, 9.17) is 11.6 Å². The van der Waals surface area contributed by atoms with Gasteiger partial charge in [-0.25, -0.2) is 9.37 Å². The molecule has 0 saturated carbocycles. The van der Waals surface area contributed by atoms with Crippen LogP contribution in [-0.2, 0) is 6.54 Å². The molecule has 5 rings (SSSR count). The highest BCUT2D eigenvalue weighted by Crippen LogP contribution is 2.31. The molecule has 3 heterocycles. The van der Waals surface area contributed by atoms with Gasteiger partial charge in [-0.15, -0.1) is 0 Å². The molecule has 30 heavy (non-hydrogen) atoms. The fraction of sp³-hybridized carbons (Fsp3) is 0.292. The molecular formula is C24H24ClFN4. The summed E-state index contributed by atoms with van der Waals surface area (Å²) in [7, 11) is 0. The highest BCUT2D eigenvalue weighted by atomic mass is 35.5. The third kappa shape index (κ3) is 4.00. The number of allylic oxidation sites excluding steroid dienone is 2. The van der Waals surface area contributed by atoms with E-state index in [0.29, 0.717) is 12.6 Å². The second-order valence-electron chi connectivity index (χ2n) is 8.02. The Balaban J connectivity index is 1.35. The maximum Gasteiger partial charge on any atom is 0.123 e. The van der Waals surface area contributed by atoms with E-state index in [-0.39, 0.29) is 5.82 Å². The van der Waals surface area contributed by atoms with E-state index in [1.54, 1.807) is 12.1 Å². The zero-order valence-corrected chi connectivity index (χ0v) is 17.4. The Labute approximate surface area is 180 Å². The molecule has 1 unspecified atom stereocenters. The molecule has 0 aliphatic carbocycles. The van der Waals surface area contributed by atoms with Crippen molar-refractivity contribution in [1.29, 1.82) is 0 Å². The van der Waals surface area contributed by atoms with Crippen molar-refractivity contribution in [3.8, 4) is 0 Å². The largest absolute Gasteiger partial charge is 0.372 e. The topological polar surface area (TPSA) is 33.1 Å². The van der Waals surface area contributed by atoms with Crippen LogP contribution in [0.4, 0.5) is 4.39 Å². The fourth-order valence-corrected chi connectivity index (χ4v) is 4.42. The molecule has 3 aromatic rings. The van der Waals surface area contributed by atoms with Gasteiger partial charge in [-0.2, -0.15) is 0 Å². The lowest BCUT2D eigenvalue weighted by Gasteiger charge is -2.31. The zero-order chi connectivity index (χ0) is 20.5. The van der Waals surface area contributed by atoms with Crippen LogP contribution in [0.15, 0.2) is 66.1 Å². The van der Waals surface area contributed by atoms with Crippen LogP contribution in [-0.4, -0.2) is 40.1 Å². The van der Waals surface area contributed by atoms with E-state index in [2.05, 4.69) is 39.6 Å². The van der Waals surface area contributed by atoms with Crippen molar-refractivity contribution < 1.29 is 4.39 Å². The van der Waals surface area contributed by atoms with Crippen LogP contribution in [0.2, 0.25) is 0 Å². The Kier molecular flexibility index (Phi) is 5.32. The smallest absolute Gasteiger partial charge is 0.123 e. The second-order valence-corrected chi connectivity index (χ2v) is 8.43. The SMILES string of the molecule is Fc1cccc(Cn2cnc3ccc(C4=CCN(CCC5CCN5)C=C4Cl)cc32)c1. The number of halogens is 2. The monoisotopic (exact) mass is 422 g/mol. The first-order valence-electron chi connectivity index (χ1n) is 10.4. The van der Waals surface area contributed by atoms with Crippen molar-refractivity contribution >= 4 is 28.2 Å². The van der Waals surface area contributed by atoms with Crippen molar-refractivity contribution in [1.82, 2.24) is 19.8 Å². The average Bonchev–Trinajstić information content (AvgIpc) is 3.09. The molecule has 1 atom stereocenters. The van der Waals surface area contributed by atoms with Gasteiger partial charge in [-0.1, -0.05) is 35.9 Å². The number of nitrogens with one attached hydrogen (secondary N) is 1. The molecule has 2 aliphatic heterocycles. The Morgan fingerprint density at radius 3 is 2.87 bits per heavy atom. The van der Waals surface area contributed by atoms with Crippen molar-refractivity contribution in [2.75, 3.05) is 19.6 Å². The molecule has 2 aromatic carbocycles. The predicted molar refractivity (Wildman–Crippen MR) is 120 cm³/mol. The minimum absolute atomic E-state index is 0.223. The minimum Gasteiger partial charge on any atom is -0.372 e. The van der Waals surface area contributed by atoms with Crippen LogP contribution in [0.3, 0.4) is 0 Å². The number of hydrogen-bond donors (Lipinski definition) is 1. The van der Waals surface area contributed by atoms with Crippen molar-refractivity contribution in [3.05, 3.63) is 83.0 Å². The van der Waals surface area contributed by atoms with Gasteiger partial charge in [0.15, 0.2) is 0 Å². The molecule has 1 fully saturated rings. The van der Waals surface area contributed by atoms with Gasteiger partial charge in [0.1, 0.15) is 5.82 Å². The standard InChI is InChI=1S/C24H24ClFN4/c25-22-15-29(10-7-20-6-9-27-20)11-8-21(22)18-4-5-23-24(13-18)30(16-28-23)14-17-2-1-3-19(26)12-17/h1-5,8,12-13,15-16,20,27H,6-7,9-11,14H2. The number of rotatable bonds is 6. The average molecular weight is 423 g/mol. The summed E-state index contributed by atoms with van der Waals surface area (Å²) in [5.74, 6) is -0.223. The number of fused-ring (bicyclic) bond motifs is 1. The molecule has 1 N–H and O–H groups in total. The summed E-state index contributed by atoms with van der Waals surface area (Å²) in [6.07, 6.45) is 8.49. The van der Waals surface area contributed by atoms with Crippen LogP contribution >= 0.6 is 11.6 Å². The molecular weight excluding hydrogens is 399 g/mol. The van der Waals surface area contributed by atoms with Gasteiger partial charge < -0.3 is 14.8 Å². The first-order chi connectivity index (χ1) is 14.7. The van der Waals surface area contributed by atoms with Crippen molar-refractivity contribution in [3.63, 3.8) is 0 Å². The Bertz CT molecular complexity index is 1130. The summed E-state index contributed by atoms with van der Waals surface area (Å²) >= 11 is 6.66. The minimum atomic E-state index is -0.223. The molecule has 4 nitrogen and oxygen atoms in total. The summed E-state index contributed by atoms with van der Waals surface area (Å²) in [4.78, 5) is 6.77. The zero-order valence-electron chi connectivity index (χ0n) is 16.7. The summed E-state index contributed by atoms with van der Waals surface area (Å²) < 4.78 is 15.6. The summed E-state index contributed by atoms with van der Waals surface area (Å²) in [5.41, 5.74) is 4.97. The van der Waals surface area contributed by atoms with E-state index >= 15 is 0 Å². The third-order valence-electron chi connectivity index (χ3n) is 5.95. The Morgan fingerprint density at radius 2 is 2.10 bits per heavy atom. The first-order valence-corrected chi connectivity index (χ1v) is 10.8. The summed E-state index contributed by atoms with van der Waals surface area (Å²) in [6, 6.07) is 13.6. The van der Waals surface area contributed by atoms with E-state index in [0.717, 1.165) is 58.8 Å². The molecule has 1 aromatic heterocycles. The van der Waals surface area contributed by atoms with E-state index in [1.165, 1.54) is 12.5 Å². The van der Waals surface area contributed by atoms with Crippen LogP contribution in [0, 0.1) is 5.82 Å². The van der Waals surface area contributed by atoms with Crippen LogP contribution in [0.5, 0.6) is 0 Å². The molecule has 0 radical (unpaired) electrons. The summed E-state index contributed by atoms with van der Waals surface area (Å²) in [5, 5.41) is 4.21. The van der Waals surface area contributed by atoms with E-state index < -0.39 is 0 Å². The van der Waals surface area contributed by atoms with E-state index in [9.17, 15) is 4.39 Å². The van der Waals surface area contributed by atoms with Gasteiger partial charge in [-0.3, -0.25) is 0 Å². The quantitative estimate of drug-likeness (QED) is 0.622. The van der Waals surface area contributed by atoms with Crippen LogP contribution in [0.1, 0.15) is 24.0 Å². The lowest BCUT2D eigenvalue weighted by molar-refractivity contribution is 0.301. The number of hydrogen-bond acceptors (Lipinski definition) is 3. The molecule has 6 heteroatoms. The maximum absolute atomic E-state index is 13.6. The number of nitrogens with zero attached hydrogens (tertiary/aromatic N) is 3. The molecule has 154 valence electrons. The molecule has 0 amide bonds. The lowest BCUT2D eigenvalue weighted by Crippen LogP contribution is -2.44. The highest BCUT2D eigenvalue weighted by molar-refractivity contribution is 6.37. The van der Waals surface area contributed by atoms with Gasteiger partial charge in [0.25, 0.3) is 0 Å². The maximum atomic E-state index is 13.6.